The van der Waals surface area contributed by atoms with Crippen LogP contribution in [0.15, 0.2) is 54.6 Å². The monoisotopic (exact) mass is 1330 g/mol. The van der Waals surface area contributed by atoms with E-state index in [4.69, 9.17) is 66.3 Å². The van der Waals surface area contributed by atoms with Gasteiger partial charge in [0.1, 0.15) is 171 Å². The molecule has 0 aromatic heterocycles. The van der Waals surface area contributed by atoms with Gasteiger partial charge < -0.3 is 174 Å². The number of ether oxygens (including phenoxy) is 14. The largest absolute Gasteiger partial charge is 0.394 e. The summed E-state index contributed by atoms with van der Waals surface area (Å²) in [5.41, 5.74) is 2.31. The summed E-state index contributed by atoms with van der Waals surface area (Å²) in [4.78, 5) is 13.6. The number of hydrogen-bond acceptors (Lipinski definition) is 35. The predicted molar refractivity (Wildman–Crippen MR) is 290 cm³/mol. The van der Waals surface area contributed by atoms with Crippen LogP contribution in [-0.4, -0.2) is 369 Å². The van der Waals surface area contributed by atoms with Crippen molar-refractivity contribution in [3.8, 4) is 11.1 Å². The molecule has 1 amide bonds. The number of carbonyl (C=O) groups is 1. The van der Waals surface area contributed by atoms with Crippen LogP contribution in [-0.2, 0) is 77.5 Å². The molecule has 36 nitrogen and oxygen atoms in total. The maximum absolute atomic E-state index is 13.6. The fourth-order valence-corrected chi connectivity index (χ4v) is 12.3. The van der Waals surface area contributed by atoms with Crippen molar-refractivity contribution >= 4 is 5.91 Å². The van der Waals surface area contributed by atoms with Crippen LogP contribution in [0.2, 0.25) is 0 Å². The highest BCUT2D eigenvalue weighted by atomic mass is 16.8. The summed E-state index contributed by atoms with van der Waals surface area (Å²) in [6.07, 6.45) is -71.4. The maximum Gasteiger partial charge on any atom is 0.224 e. The zero-order valence-corrected chi connectivity index (χ0v) is 48.6. The Balaban J connectivity index is 0.933. The van der Waals surface area contributed by atoms with Gasteiger partial charge in [0.25, 0.3) is 0 Å². The lowest BCUT2D eigenvalue weighted by Gasteiger charge is -2.50. The van der Waals surface area contributed by atoms with Crippen molar-refractivity contribution in [3.05, 3.63) is 60.2 Å². The molecule has 23 rings (SSSR count). The smallest absolute Gasteiger partial charge is 0.224 e. The molecule has 36 heteroatoms. The van der Waals surface area contributed by atoms with Gasteiger partial charge in [0.2, 0.25) is 5.91 Å². The third-order valence-corrected chi connectivity index (χ3v) is 17.5. The normalized spacial score (nSPS) is 48.1. The lowest BCUT2D eigenvalue weighted by atomic mass is 9.95. The van der Waals surface area contributed by atoms with Gasteiger partial charge in [-0.05, 0) is 16.7 Å². The van der Waals surface area contributed by atoms with Gasteiger partial charge in [0.05, 0.1) is 46.1 Å². The Bertz CT molecular complexity index is 2610. The van der Waals surface area contributed by atoms with Gasteiger partial charge >= 0.3 is 0 Å². The van der Waals surface area contributed by atoms with Gasteiger partial charge in [0, 0.05) is 6.54 Å². The molecule has 0 spiro atoms. The number of aliphatic hydroxyl groups is 20. The Kier molecular flexibility index (Phi) is 24.0. The van der Waals surface area contributed by atoms with Crippen LogP contribution >= 0.6 is 0 Å². The highest BCUT2D eigenvalue weighted by Crippen LogP contribution is 2.39. The fourth-order valence-electron chi connectivity index (χ4n) is 12.3. The van der Waals surface area contributed by atoms with Crippen LogP contribution in [0, 0.1) is 0 Å². The first-order valence-electron chi connectivity index (χ1n) is 29.8. The molecule has 21 aliphatic heterocycles. The van der Waals surface area contributed by atoms with E-state index in [0.29, 0.717) is 5.56 Å². The summed E-state index contributed by atoms with van der Waals surface area (Å²) >= 11 is 0. The molecule has 14 bridgehead atoms. The lowest BCUT2D eigenvalue weighted by Crippen LogP contribution is -2.68. The van der Waals surface area contributed by atoms with Crippen molar-refractivity contribution in [2.75, 3.05) is 46.2 Å². The summed E-state index contributed by atoms with van der Waals surface area (Å²) in [6.45, 7) is -7.00. The summed E-state index contributed by atoms with van der Waals surface area (Å²) in [5, 5.41) is 227. The molecule has 520 valence electrons. The number of amides is 1. The van der Waals surface area contributed by atoms with Gasteiger partial charge in [-0.1, -0.05) is 54.6 Å². The Morgan fingerprint density at radius 3 is 0.739 bits per heavy atom. The Morgan fingerprint density at radius 1 is 0.283 bits per heavy atom. The van der Waals surface area contributed by atoms with Crippen molar-refractivity contribution in [1.82, 2.24) is 5.32 Å². The average Bonchev–Trinajstić information content (AvgIpc) is 0.802. The molecule has 21 fully saturated rings. The average molecular weight is 1330 g/mol. The molecule has 35 atom stereocenters. The number of rotatable bonds is 11. The van der Waals surface area contributed by atoms with E-state index in [1.807, 2.05) is 30.3 Å². The molecule has 0 aliphatic carbocycles. The van der Waals surface area contributed by atoms with Crippen molar-refractivity contribution in [1.29, 1.82) is 0 Å². The minimum absolute atomic E-state index is 0.223. The van der Waals surface area contributed by atoms with Crippen molar-refractivity contribution in [2.24, 2.45) is 0 Å². The number of hydrogen-bond donors (Lipinski definition) is 21. The second-order valence-corrected chi connectivity index (χ2v) is 23.5. The summed E-state index contributed by atoms with van der Waals surface area (Å²) in [5.74, 6) is -0.632. The van der Waals surface area contributed by atoms with E-state index in [0.717, 1.165) is 11.1 Å². The first-order valence-corrected chi connectivity index (χ1v) is 29.8. The first-order chi connectivity index (χ1) is 44.0. The number of benzene rings is 2. The van der Waals surface area contributed by atoms with Crippen molar-refractivity contribution in [2.45, 2.75) is 221 Å². The van der Waals surface area contributed by atoms with Crippen LogP contribution in [0.5, 0.6) is 0 Å². The summed E-state index contributed by atoms with van der Waals surface area (Å²) < 4.78 is 81.4. The SMILES string of the molecule is O=C(Cc1ccc(-c2ccccc2)cc1)NC[C@H]1O[C@@H]2O[C@H]3[C@H](O)[C@@H](O)[C@@H](O[C@H]4[C@H](O)[C@@H](O)[C@@H](O[C@H]5[C@H](O)[C@@H](O)[C@@H](O[C@H]6[C@H](O)[C@@H](O)[C@@H](O[C@H]7[C@H](O)[C@@H](O)[C@@H](O[C@H]8[C@H](O)[C@@H](O)[C@@H](O[C@H]1[C@H](O)[C@H]2O)O[C@@H]8CO)O[C@@H]7CO)O[C@@H]6CO)O[C@@H]5CO)O[C@@H]4CO)O[C@@H]3CO. The highest BCUT2D eigenvalue weighted by molar-refractivity contribution is 5.79. The first kappa shape index (κ1) is 71.3. The third kappa shape index (κ3) is 14.7. The molecule has 2 aromatic carbocycles. The molecule has 21 aliphatic rings. The minimum Gasteiger partial charge on any atom is -0.394 e. The molecule has 21 N–H and O–H groups in total. The molecular weight excluding hydrogens is 1250 g/mol. The second-order valence-electron chi connectivity index (χ2n) is 23.5. The van der Waals surface area contributed by atoms with Crippen molar-refractivity contribution in [3.63, 3.8) is 0 Å². The highest BCUT2D eigenvalue weighted by Gasteiger charge is 2.59. The van der Waals surface area contributed by atoms with E-state index in [-0.39, 0.29) is 6.42 Å². The molecule has 92 heavy (non-hydrogen) atoms. The molecule has 0 unspecified atom stereocenters. The fraction of sp³-hybridized carbons (Fsp3) is 0.768. The standard InChI is InChI=1S/C56H81NO35/c58-12-22-44-31(67)38(74)52(81-22)89-46-24(14-60)83-54(40(76)33(46)69)91-48-26(16-62)85-56(42(78)35(48)71)92-49-27(17-63)84-55(41(77)34(49)70)90-47-25(15-61)82-53(39(75)32(47)68)88-45-23(13-59)80-51(37(73)30(45)66)86-43-21(79-50(87-44)36(72)29(43)65)11-57-28(64)10-18-6-8-20(9-7-18)19-4-2-1-3-5-19/h1-9,21-27,29-56,58-63,65-78H,10-17H2,(H,57,64)/t21-,22-,23-,24-,25-,26-,27-,29-,30-,31-,32-,33-,34-,35-,36-,37-,38-,39-,40-,41-,42-,43-,44-,45-,46-,47-,48-,49-,50-,51-,52-,53-,54-,55-,56-/m1/s1. The topological polar surface area (TPSA) is 563 Å². The molecule has 21 heterocycles. The zero-order valence-electron chi connectivity index (χ0n) is 48.6. The molecule has 0 radical (unpaired) electrons. The molecule has 21 saturated heterocycles. The van der Waals surface area contributed by atoms with E-state index in [9.17, 15) is 107 Å². The quantitative estimate of drug-likeness (QED) is 0.0993. The van der Waals surface area contributed by atoms with Crippen LogP contribution < -0.4 is 5.32 Å². The minimum atomic E-state index is -2.26. The van der Waals surface area contributed by atoms with Gasteiger partial charge in [0.15, 0.2) is 44.0 Å². The van der Waals surface area contributed by atoms with E-state index in [2.05, 4.69) is 5.32 Å². The number of carbonyl (C=O) groups excluding carboxylic acids is 1. The number of aliphatic hydroxyl groups excluding tert-OH is 20. The van der Waals surface area contributed by atoms with Gasteiger partial charge in [-0.25, -0.2) is 0 Å². The third-order valence-electron chi connectivity index (χ3n) is 17.5. The Hall–Kier alpha value is -3.45. The molecular formula is C56H81NO35. The van der Waals surface area contributed by atoms with E-state index < -0.39 is 267 Å². The van der Waals surface area contributed by atoms with Crippen LogP contribution in [0.25, 0.3) is 11.1 Å². The van der Waals surface area contributed by atoms with Crippen LogP contribution in [0.1, 0.15) is 5.56 Å². The Morgan fingerprint density at radius 2 is 0.500 bits per heavy atom. The van der Waals surface area contributed by atoms with Gasteiger partial charge in [-0.2, -0.15) is 0 Å². The van der Waals surface area contributed by atoms with E-state index in [1.54, 1.807) is 24.3 Å². The Labute approximate surface area is 522 Å². The van der Waals surface area contributed by atoms with Crippen LogP contribution in [0.4, 0.5) is 0 Å². The predicted octanol–water partition coefficient (Wildman–Crippen LogP) is -12.2. The van der Waals surface area contributed by atoms with Gasteiger partial charge in [-0.3, -0.25) is 4.79 Å². The van der Waals surface area contributed by atoms with Gasteiger partial charge in [-0.15, -0.1) is 0 Å². The second kappa shape index (κ2) is 31.0. The van der Waals surface area contributed by atoms with E-state index >= 15 is 0 Å². The number of nitrogens with one attached hydrogen (secondary N) is 1. The van der Waals surface area contributed by atoms with E-state index in [1.165, 1.54) is 0 Å². The van der Waals surface area contributed by atoms with Crippen LogP contribution in [0.3, 0.4) is 0 Å². The molecule has 0 saturated carbocycles. The molecule has 2 aromatic rings. The maximum atomic E-state index is 13.6. The summed E-state index contributed by atoms with van der Waals surface area (Å²) in [6, 6.07) is 16.4. The van der Waals surface area contributed by atoms with Crippen molar-refractivity contribution < 1.29 is 173 Å². The summed E-state index contributed by atoms with van der Waals surface area (Å²) in [7, 11) is 0. The lowest BCUT2D eigenvalue weighted by molar-refractivity contribution is -0.396. The zero-order chi connectivity index (χ0) is 66.1.